The van der Waals surface area contributed by atoms with Crippen molar-refractivity contribution in [2.45, 2.75) is 19.6 Å². The second kappa shape index (κ2) is 18.9. The second-order valence-corrected chi connectivity index (χ2v) is 9.34. The van der Waals surface area contributed by atoms with Crippen LogP contribution in [0.15, 0.2) is 24.3 Å². The Balaban J connectivity index is -0.000000183. The zero-order valence-corrected chi connectivity index (χ0v) is 14.7. The molecule has 1 aromatic carbocycles. The van der Waals surface area contributed by atoms with Crippen molar-refractivity contribution in [1.29, 1.82) is 0 Å². The Hall–Kier alpha value is -1.05. The first-order valence-corrected chi connectivity index (χ1v) is 8.88. The fourth-order valence-electron chi connectivity index (χ4n) is 1.33. The number of ether oxygens (including phenoxy) is 2. The molecule has 1 rings (SSSR count). The van der Waals surface area contributed by atoms with Gasteiger partial charge in [-0.1, -0.05) is 37.8 Å². The minimum atomic E-state index is -1.31. The summed E-state index contributed by atoms with van der Waals surface area (Å²) in [4.78, 5) is 0. The van der Waals surface area contributed by atoms with Crippen LogP contribution in [0.2, 0.25) is 19.6 Å². The topological polar surface area (TPSA) is 78.2 Å². The van der Waals surface area contributed by atoms with Crippen LogP contribution in [-0.4, -0.2) is 22.0 Å². The maximum absolute atomic E-state index is 7.50. The third-order valence-electron chi connectivity index (χ3n) is 2.03. The molecule has 0 spiro atoms. The first-order chi connectivity index (χ1) is 9.55. The molecule has 0 radical (unpaired) electrons. The van der Waals surface area contributed by atoms with Crippen molar-refractivity contribution >= 4 is 13.3 Å². The quantitative estimate of drug-likeness (QED) is 0.362. The number of rotatable bonds is 4. The monoisotopic (exact) mass is 346 g/mol. The summed E-state index contributed by atoms with van der Waals surface area (Å²) in [7, 11) is 0.328. The molecule has 0 heterocycles. The Bertz CT molecular complexity index is 396. The molecular weight excluding hydrogens is 328 g/mol. The molecule has 0 amide bonds. The van der Waals surface area contributed by atoms with Crippen LogP contribution in [0.4, 0.5) is 0 Å². The Kier molecular flexibility index (Phi) is 25.4. The van der Waals surface area contributed by atoms with Gasteiger partial charge in [0.05, 0.1) is 8.07 Å². The largest absolute Gasteiger partial charge is 0 e. The van der Waals surface area contributed by atoms with Crippen LogP contribution >= 0.6 is 0 Å². The van der Waals surface area contributed by atoms with Gasteiger partial charge in [-0.3, -0.25) is 0 Å². The summed E-state index contributed by atoms with van der Waals surface area (Å²) in [6.07, 6.45) is 0. The van der Waals surface area contributed by atoms with Crippen LogP contribution in [0, 0.1) is 20.0 Å². The van der Waals surface area contributed by atoms with Crippen molar-refractivity contribution in [1.82, 2.24) is 0 Å². The number of hydrogen-bond acceptors (Lipinski definition) is 2. The van der Waals surface area contributed by atoms with Gasteiger partial charge in [0.25, 0.3) is 0 Å². The fraction of sp³-hybridized carbons (Fsp3) is 0.357. The summed E-state index contributed by atoms with van der Waals surface area (Å²) >= 11 is 0. The summed E-state index contributed by atoms with van der Waals surface area (Å²) in [5.74, 6) is 0.966. The molecule has 0 saturated heterocycles. The molecule has 1 aromatic rings. The molecule has 0 aliphatic heterocycles. The van der Waals surface area contributed by atoms with Crippen LogP contribution in [0.5, 0.6) is 5.75 Å². The van der Waals surface area contributed by atoms with Crippen molar-refractivity contribution in [3.63, 3.8) is 0 Å². The second-order valence-electron chi connectivity index (χ2n) is 4.30. The smallest absolute Gasteiger partial charge is 0 e. The predicted octanol–water partition coefficient (Wildman–Crippen LogP) is 2.10. The van der Waals surface area contributed by atoms with E-state index in [1.165, 1.54) is 5.19 Å². The van der Waals surface area contributed by atoms with Crippen LogP contribution in [-0.2, 0) is 36.1 Å². The van der Waals surface area contributed by atoms with Crippen LogP contribution in [0.25, 0.3) is 0 Å². The summed E-state index contributed by atoms with van der Waals surface area (Å²) in [6.45, 7) is 20.7. The molecule has 21 heavy (non-hydrogen) atoms. The minimum absolute atomic E-state index is 0. The molecule has 0 saturated carbocycles. The third kappa shape index (κ3) is 13.7. The van der Waals surface area contributed by atoms with Crippen molar-refractivity contribution < 1.29 is 40.8 Å². The molecule has 0 fully saturated rings. The normalized spacial score (nSPS) is 7.90. The number of methoxy groups -OCH3 is 1. The molecule has 0 atom stereocenters. The van der Waals surface area contributed by atoms with E-state index in [-0.39, 0.29) is 17.4 Å². The van der Waals surface area contributed by atoms with E-state index in [2.05, 4.69) is 51.7 Å². The predicted molar refractivity (Wildman–Crippen MR) is 73.7 cm³/mol. The third-order valence-corrected chi connectivity index (χ3v) is 4.06. The SMILES string of the molecule is COCOc1ccccc1[Si](C)(C)C.[C-]#[O+].[C-]#[O+].[C-]#[O+].[Cr]. The average molecular weight is 346 g/mol. The van der Waals surface area contributed by atoms with Gasteiger partial charge in [-0.15, -0.1) is 0 Å². The summed E-state index contributed by atoms with van der Waals surface area (Å²) in [6, 6.07) is 8.21. The molecule has 0 unspecified atom stereocenters. The maximum atomic E-state index is 7.50. The van der Waals surface area contributed by atoms with E-state index in [0.717, 1.165) is 5.75 Å². The van der Waals surface area contributed by atoms with Crippen LogP contribution in [0.3, 0.4) is 0 Å². The molecule has 7 heteroatoms. The van der Waals surface area contributed by atoms with E-state index in [0.29, 0.717) is 6.79 Å². The van der Waals surface area contributed by atoms with Crippen molar-refractivity contribution in [2.75, 3.05) is 13.9 Å². The first-order valence-electron chi connectivity index (χ1n) is 5.38. The Labute approximate surface area is 137 Å². The van der Waals surface area contributed by atoms with Gasteiger partial charge >= 0.3 is 33.9 Å². The first kappa shape index (κ1) is 28.2. The summed E-state index contributed by atoms with van der Waals surface area (Å²) < 4.78 is 32.9. The number of hydrogen-bond donors (Lipinski definition) is 0. The zero-order chi connectivity index (χ0) is 16.6. The number of benzene rings is 1. The molecule has 5 nitrogen and oxygen atoms in total. The minimum Gasteiger partial charge on any atom is 0 e. The van der Waals surface area contributed by atoms with Gasteiger partial charge in [-0.05, 0) is 11.3 Å². The van der Waals surface area contributed by atoms with Gasteiger partial charge in [0.2, 0.25) is 0 Å². The summed E-state index contributed by atoms with van der Waals surface area (Å²) in [5.41, 5.74) is 0. The standard InChI is InChI=1S/C11H18O2Si.3CO.Cr/c1-12-9-13-10-7-5-6-8-11(10)14(2,3)4;3*1-2;/h5-8H,9H2,1-4H3;;;;. The van der Waals surface area contributed by atoms with Crippen LogP contribution in [0.1, 0.15) is 0 Å². The number of para-hydroxylation sites is 1. The average Bonchev–Trinajstić information content (AvgIpc) is 2.50. The maximum Gasteiger partial charge on any atom is 0 e. The Morgan fingerprint density at radius 1 is 0.952 bits per heavy atom. The van der Waals surface area contributed by atoms with Crippen molar-refractivity contribution in [3.05, 3.63) is 44.2 Å². The van der Waals surface area contributed by atoms with E-state index in [1.807, 2.05) is 12.1 Å². The molecular formula is C14H18CrO5Si. The Morgan fingerprint density at radius 3 is 1.76 bits per heavy atom. The van der Waals surface area contributed by atoms with Gasteiger partial charge in [0.15, 0.2) is 6.79 Å². The Morgan fingerprint density at radius 2 is 1.38 bits per heavy atom. The van der Waals surface area contributed by atoms with E-state index >= 15 is 0 Å². The van der Waals surface area contributed by atoms with E-state index < -0.39 is 8.07 Å². The molecule has 0 N–H and O–H groups in total. The molecule has 0 bridgehead atoms. The van der Waals surface area contributed by atoms with Gasteiger partial charge in [-0.25, -0.2) is 0 Å². The zero-order valence-electron chi connectivity index (χ0n) is 12.5. The van der Waals surface area contributed by atoms with Gasteiger partial charge < -0.3 is 9.47 Å². The van der Waals surface area contributed by atoms with Crippen molar-refractivity contribution in [3.8, 4) is 5.75 Å². The van der Waals surface area contributed by atoms with Gasteiger partial charge in [0, 0.05) is 24.5 Å². The molecule has 0 aromatic heterocycles. The van der Waals surface area contributed by atoms with Crippen LogP contribution < -0.4 is 9.92 Å². The fourth-order valence-corrected chi connectivity index (χ4v) is 2.83. The van der Waals surface area contributed by atoms with E-state index in [9.17, 15) is 0 Å². The van der Waals surface area contributed by atoms with E-state index in [4.69, 9.17) is 23.4 Å². The van der Waals surface area contributed by atoms with Gasteiger partial charge in [-0.2, -0.15) is 0 Å². The van der Waals surface area contributed by atoms with E-state index in [1.54, 1.807) is 7.11 Å². The van der Waals surface area contributed by atoms with Gasteiger partial charge in [0.1, 0.15) is 5.75 Å². The molecule has 0 aliphatic carbocycles. The van der Waals surface area contributed by atoms with Crippen molar-refractivity contribution in [2.24, 2.45) is 0 Å². The molecule has 114 valence electrons. The molecule has 0 aliphatic rings. The summed E-state index contributed by atoms with van der Waals surface area (Å²) in [5, 5.41) is 1.34.